The summed E-state index contributed by atoms with van der Waals surface area (Å²) in [5.41, 5.74) is 7.90. The van der Waals surface area contributed by atoms with Crippen molar-refractivity contribution < 1.29 is 0 Å². The molecule has 98 valence electrons. The van der Waals surface area contributed by atoms with Gasteiger partial charge < -0.3 is 14.9 Å². The number of hydrogen-bond acceptors (Lipinski definition) is 4. The van der Waals surface area contributed by atoms with Gasteiger partial charge in [0.25, 0.3) is 0 Å². The number of nitrogen functional groups attached to an aromatic ring is 1. The van der Waals surface area contributed by atoms with Crippen LogP contribution in [0.5, 0.6) is 0 Å². The maximum Gasteiger partial charge on any atom is 0.201 e. The van der Waals surface area contributed by atoms with Gasteiger partial charge >= 0.3 is 0 Å². The average molecular weight is 321 g/mol. The van der Waals surface area contributed by atoms with Gasteiger partial charge in [0.05, 0.1) is 11.0 Å². The fourth-order valence-corrected chi connectivity index (χ4v) is 2.45. The number of nitrogens with zero attached hydrogens (tertiary/aromatic N) is 5. The van der Waals surface area contributed by atoms with Crippen LogP contribution in [0.4, 0.5) is 5.95 Å². The minimum Gasteiger partial charge on any atom is -0.369 e. The molecule has 0 saturated carbocycles. The largest absolute Gasteiger partial charge is 0.369 e. The molecule has 2 N–H and O–H groups in total. The number of nitrogens with two attached hydrogens (primary N) is 1. The van der Waals surface area contributed by atoms with Gasteiger partial charge in [0, 0.05) is 24.5 Å². The minimum atomic E-state index is 0.523. The Hall–Kier alpha value is -1.89. The Labute approximate surface area is 118 Å². The molecule has 0 radical (unpaired) electrons. The standard InChI is InChI=1S/C12H13BrN6/c1-18-7-15-17-11(18)4-5-19-10-3-2-8(13)6-9(10)16-12(19)14/h2-3,6-7H,4-5H2,1H3,(H2,14,16). The van der Waals surface area contributed by atoms with Crippen LogP contribution in [0.3, 0.4) is 0 Å². The Bertz CT molecular complexity index is 729. The predicted octanol–water partition coefficient (Wildman–Crippen LogP) is 1.75. The Morgan fingerprint density at radius 3 is 2.95 bits per heavy atom. The second-order valence-corrected chi connectivity index (χ2v) is 5.28. The van der Waals surface area contributed by atoms with Crippen molar-refractivity contribution in [3.05, 3.63) is 34.8 Å². The van der Waals surface area contributed by atoms with Gasteiger partial charge in [-0.2, -0.15) is 0 Å². The summed E-state index contributed by atoms with van der Waals surface area (Å²) >= 11 is 3.43. The molecule has 1 aromatic carbocycles. The normalized spacial score (nSPS) is 11.3. The lowest BCUT2D eigenvalue weighted by Gasteiger charge is -2.06. The van der Waals surface area contributed by atoms with Crippen molar-refractivity contribution in [2.75, 3.05) is 5.73 Å². The maximum absolute atomic E-state index is 5.97. The zero-order chi connectivity index (χ0) is 13.4. The van der Waals surface area contributed by atoms with E-state index >= 15 is 0 Å². The summed E-state index contributed by atoms with van der Waals surface area (Å²) in [7, 11) is 1.93. The highest BCUT2D eigenvalue weighted by atomic mass is 79.9. The maximum atomic E-state index is 5.97. The molecule has 3 rings (SSSR count). The molecule has 0 aliphatic carbocycles. The first-order chi connectivity index (χ1) is 9.15. The fourth-order valence-electron chi connectivity index (χ4n) is 2.10. The summed E-state index contributed by atoms with van der Waals surface area (Å²) < 4.78 is 4.90. The van der Waals surface area contributed by atoms with E-state index in [0.717, 1.165) is 34.3 Å². The van der Waals surface area contributed by atoms with Crippen LogP contribution >= 0.6 is 15.9 Å². The van der Waals surface area contributed by atoms with Gasteiger partial charge in [-0.25, -0.2) is 4.98 Å². The highest BCUT2D eigenvalue weighted by molar-refractivity contribution is 9.10. The van der Waals surface area contributed by atoms with Gasteiger partial charge in [-0.1, -0.05) is 15.9 Å². The second kappa shape index (κ2) is 4.65. The molecule has 0 aliphatic heterocycles. The molecule has 0 bridgehead atoms. The first-order valence-corrected chi connectivity index (χ1v) is 6.68. The summed E-state index contributed by atoms with van der Waals surface area (Å²) in [5, 5.41) is 7.94. The molecule has 0 fully saturated rings. The number of anilines is 1. The van der Waals surface area contributed by atoms with Crippen LogP contribution in [0, 0.1) is 0 Å². The molecule has 7 heteroatoms. The number of imidazole rings is 1. The molecule has 0 unspecified atom stereocenters. The van der Waals surface area contributed by atoms with Crippen molar-refractivity contribution in [3.63, 3.8) is 0 Å². The van der Waals surface area contributed by atoms with E-state index in [1.54, 1.807) is 6.33 Å². The van der Waals surface area contributed by atoms with Gasteiger partial charge in [-0.3, -0.25) is 0 Å². The average Bonchev–Trinajstić information content (AvgIpc) is 2.90. The first-order valence-electron chi connectivity index (χ1n) is 5.89. The number of aryl methyl sites for hydroxylation is 3. The zero-order valence-electron chi connectivity index (χ0n) is 10.4. The number of benzene rings is 1. The van der Waals surface area contributed by atoms with Gasteiger partial charge in [0.1, 0.15) is 12.2 Å². The molecule has 0 aliphatic rings. The molecular weight excluding hydrogens is 308 g/mol. The second-order valence-electron chi connectivity index (χ2n) is 4.36. The van der Waals surface area contributed by atoms with Gasteiger partial charge in [0.15, 0.2) is 0 Å². The van der Waals surface area contributed by atoms with Crippen molar-refractivity contribution in [2.24, 2.45) is 7.05 Å². The van der Waals surface area contributed by atoms with Crippen molar-refractivity contribution >= 4 is 32.9 Å². The SMILES string of the molecule is Cn1cnnc1CCn1c(N)nc2cc(Br)ccc21. The number of hydrogen-bond donors (Lipinski definition) is 1. The van der Waals surface area contributed by atoms with Gasteiger partial charge in [-0.15, -0.1) is 10.2 Å². The summed E-state index contributed by atoms with van der Waals surface area (Å²) in [6.45, 7) is 0.733. The summed E-state index contributed by atoms with van der Waals surface area (Å²) in [6, 6.07) is 5.96. The third-order valence-corrected chi connectivity index (χ3v) is 3.60. The first kappa shape index (κ1) is 12.2. The number of halogens is 1. The van der Waals surface area contributed by atoms with Crippen LogP contribution in [-0.2, 0) is 20.0 Å². The predicted molar refractivity (Wildman–Crippen MR) is 76.6 cm³/mol. The van der Waals surface area contributed by atoms with Crippen LogP contribution < -0.4 is 5.73 Å². The third kappa shape index (κ3) is 2.21. The minimum absolute atomic E-state index is 0.523. The monoisotopic (exact) mass is 320 g/mol. The van der Waals surface area contributed by atoms with E-state index in [0.29, 0.717) is 5.95 Å². The number of aromatic nitrogens is 5. The van der Waals surface area contributed by atoms with E-state index in [2.05, 4.69) is 31.1 Å². The molecule has 2 aromatic heterocycles. The van der Waals surface area contributed by atoms with Crippen molar-refractivity contribution in [2.45, 2.75) is 13.0 Å². The summed E-state index contributed by atoms with van der Waals surface area (Å²) in [6.07, 6.45) is 2.46. The van der Waals surface area contributed by atoms with E-state index < -0.39 is 0 Å². The quantitative estimate of drug-likeness (QED) is 0.797. The number of rotatable bonds is 3. The third-order valence-electron chi connectivity index (χ3n) is 3.10. The lowest BCUT2D eigenvalue weighted by atomic mass is 10.3. The van der Waals surface area contributed by atoms with E-state index in [9.17, 15) is 0 Å². The van der Waals surface area contributed by atoms with Crippen molar-refractivity contribution in [1.29, 1.82) is 0 Å². The van der Waals surface area contributed by atoms with E-state index in [-0.39, 0.29) is 0 Å². The van der Waals surface area contributed by atoms with Crippen LogP contribution in [0.2, 0.25) is 0 Å². The lowest BCUT2D eigenvalue weighted by molar-refractivity contribution is 0.668. The molecule has 2 heterocycles. The van der Waals surface area contributed by atoms with Gasteiger partial charge in [-0.05, 0) is 18.2 Å². The lowest BCUT2D eigenvalue weighted by Crippen LogP contribution is -2.08. The summed E-state index contributed by atoms with van der Waals surface area (Å²) in [5.74, 6) is 1.45. The highest BCUT2D eigenvalue weighted by Gasteiger charge is 2.09. The highest BCUT2D eigenvalue weighted by Crippen LogP contribution is 2.22. The fraction of sp³-hybridized carbons (Fsp3) is 0.250. The Kier molecular flexibility index (Phi) is 2.98. The van der Waals surface area contributed by atoms with Gasteiger partial charge in [0.2, 0.25) is 5.95 Å². The van der Waals surface area contributed by atoms with E-state index in [1.165, 1.54) is 0 Å². The molecule has 0 spiro atoms. The molecule has 6 nitrogen and oxygen atoms in total. The Morgan fingerprint density at radius 1 is 1.37 bits per heavy atom. The van der Waals surface area contributed by atoms with Crippen LogP contribution in [0.15, 0.2) is 29.0 Å². The Balaban J connectivity index is 1.92. The van der Waals surface area contributed by atoms with E-state index in [4.69, 9.17) is 5.73 Å². The smallest absolute Gasteiger partial charge is 0.201 e. The van der Waals surface area contributed by atoms with Crippen molar-refractivity contribution in [1.82, 2.24) is 24.3 Å². The van der Waals surface area contributed by atoms with E-state index in [1.807, 2.05) is 34.4 Å². The Morgan fingerprint density at radius 2 is 2.21 bits per heavy atom. The molecule has 0 atom stereocenters. The molecular formula is C12H13BrN6. The molecule has 0 saturated heterocycles. The van der Waals surface area contributed by atoms with Crippen molar-refractivity contribution in [3.8, 4) is 0 Å². The summed E-state index contributed by atoms with van der Waals surface area (Å²) in [4.78, 5) is 4.36. The zero-order valence-corrected chi connectivity index (χ0v) is 12.0. The number of fused-ring (bicyclic) bond motifs is 1. The van der Waals surface area contributed by atoms with Crippen LogP contribution in [0.1, 0.15) is 5.82 Å². The molecule has 0 amide bonds. The van der Waals surface area contributed by atoms with Crippen LogP contribution in [0.25, 0.3) is 11.0 Å². The molecule has 3 aromatic rings. The molecule has 19 heavy (non-hydrogen) atoms. The topological polar surface area (TPSA) is 74.5 Å². The van der Waals surface area contributed by atoms with Crippen LogP contribution in [-0.4, -0.2) is 24.3 Å².